The molecule has 2 saturated heterocycles. The lowest BCUT2D eigenvalue weighted by molar-refractivity contribution is -0.132. The van der Waals surface area contributed by atoms with E-state index in [1.54, 1.807) is 0 Å². The second-order valence-electron chi connectivity index (χ2n) is 7.47. The molecule has 2 fully saturated rings. The number of nitrogens with zero attached hydrogens (tertiary/aromatic N) is 2. The van der Waals surface area contributed by atoms with Gasteiger partial charge in [-0.25, -0.2) is 4.79 Å². The average Bonchev–Trinajstić information content (AvgIpc) is 2.79. The predicted octanol–water partition coefficient (Wildman–Crippen LogP) is 1.68. The number of likely N-dealkylation sites (N-methyl/N-ethyl adjacent to an activating group) is 1. The van der Waals surface area contributed by atoms with Crippen LogP contribution in [0, 0.1) is 12.8 Å². The molecule has 2 heterocycles. The van der Waals surface area contributed by atoms with Crippen molar-refractivity contribution < 1.29 is 14.7 Å². The monoisotopic (exact) mass is 345 g/mol. The van der Waals surface area contributed by atoms with Gasteiger partial charge in [0.25, 0.3) is 5.91 Å². The van der Waals surface area contributed by atoms with Gasteiger partial charge in [-0.3, -0.25) is 9.69 Å². The molecule has 0 radical (unpaired) electrons. The Labute approximate surface area is 148 Å². The number of benzene rings is 1. The molecule has 3 atom stereocenters. The van der Waals surface area contributed by atoms with Crippen molar-refractivity contribution in [3.63, 3.8) is 0 Å². The molecule has 2 aliphatic heterocycles. The van der Waals surface area contributed by atoms with Crippen molar-refractivity contribution in [2.75, 3.05) is 26.7 Å². The fourth-order valence-electron chi connectivity index (χ4n) is 4.07. The zero-order valence-corrected chi connectivity index (χ0v) is 15.2. The van der Waals surface area contributed by atoms with E-state index in [2.05, 4.69) is 10.2 Å². The molecule has 0 saturated carbocycles. The second kappa shape index (κ2) is 6.77. The fourth-order valence-corrected chi connectivity index (χ4v) is 4.07. The number of β-amino-alcohol motifs (C(OH)–C–C–N with tert-alkyl or cyclic N) is 1. The fraction of sp³-hybridized carbons (Fsp3) is 0.579. The summed E-state index contributed by atoms with van der Waals surface area (Å²) in [5.41, 5.74) is 1.18. The number of aliphatic hydroxyl groups excluding tert-OH is 1. The van der Waals surface area contributed by atoms with Crippen LogP contribution in [0.15, 0.2) is 24.3 Å². The molecule has 3 rings (SSSR count). The van der Waals surface area contributed by atoms with Gasteiger partial charge in [-0.2, -0.15) is 0 Å². The number of urea groups is 1. The molecule has 3 unspecified atom stereocenters. The zero-order valence-electron chi connectivity index (χ0n) is 15.2. The summed E-state index contributed by atoms with van der Waals surface area (Å²) >= 11 is 0. The Morgan fingerprint density at radius 3 is 2.72 bits per heavy atom. The number of piperidine rings is 1. The van der Waals surface area contributed by atoms with Crippen molar-refractivity contribution in [2.24, 2.45) is 5.92 Å². The Bertz CT molecular complexity index is 678. The molecule has 1 aromatic rings. The molecular formula is C19H27N3O3. The van der Waals surface area contributed by atoms with Gasteiger partial charge in [0, 0.05) is 26.1 Å². The molecular weight excluding hydrogens is 318 g/mol. The summed E-state index contributed by atoms with van der Waals surface area (Å²) < 4.78 is 0. The van der Waals surface area contributed by atoms with E-state index < -0.39 is 11.6 Å². The van der Waals surface area contributed by atoms with Crippen LogP contribution in [0.5, 0.6) is 0 Å². The molecule has 6 nitrogen and oxygen atoms in total. The quantitative estimate of drug-likeness (QED) is 0.815. The maximum absolute atomic E-state index is 12.5. The standard InChI is InChI=1S/C19H27N3O3/c1-13-7-4-5-9-15(13)16(23)12-22-10-6-8-14(11-22)19(2)17(24)21(3)18(25)20-19/h4-5,7,9,14,16,23H,6,8,10-12H2,1-3H3,(H,20,25). The van der Waals surface area contributed by atoms with Gasteiger partial charge < -0.3 is 15.3 Å². The van der Waals surface area contributed by atoms with E-state index in [1.807, 2.05) is 38.1 Å². The molecule has 0 aliphatic carbocycles. The van der Waals surface area contributed by atoms with Crippen LogP contribution in [0.25, 0.3) is 0 Å². The molecule has 0 spiro atoms. The third-order valence-electron chi connectivity index (χ3n) is 5.72. The third kappa shape index (κ3) is 3.28. The first-order valence-electron chi connectivity index (χ1n) is 8.89. The van der Waals surface area contributed by atoms with Crippen LogP contribution >= 0.6 is 0 Å². The van der Waals surface area contributed by atoms with Crippen molar-refractivity contribution in [2.45, 2.75) is 38.3 Å². The second-order valence-corrected chi connectivity index (χ2v) is 7.47. The first kappa shape index (κ1) is 17.9. The van der Waals surface area contributed by atoms with E-state index in [4.69, 9.17) is 0 Å². The van der Waals surface area contributed by atoms with Crippen molar-refractivity contribution in [1.29, 1.82) is 0 Å². The molecule has 0 aromatic heterocycles. The summed E-state index contributed by atoms with van der Waals surface area (Å²) in [6.07, 6.45) is 1.30. The normalized spacial score (nSPS) is 29.0. The van der Waals surface area contributed by atoms with Crippen molar-refractivity contribution in [1.82, 2.24) is 15.1 Å². The lowest BCUT2D eigenvalue weighted by Gasteiger charge is -2.40. The van der Waals surface area contributed by atoms with E-state index in [0.29, 0.717) is 13.1 Å². The lowest BCUT2D eigenvalue weighted by Crippen LogP contribution is -2.56. The summed E-state index contributed by atoms with van der Waals surface area (Å²) in [4.78, 5) is 27.7. The Morgan fingerprint density at radius 2 is 2.08 bits per heavy atom. The summed E-state index contributed by atoms with van der Waals surface area (Å²) in [7, 11) is 1.52. The highest BCUT2D eigenvalue weighted by atomic mass is 16.3. The molecule has 0 bridgehead atoms. The molecule has 6 heteroatoms. The largest absolute Gasteiger partial charge is 0.387 e. The van der Waals surface area contributed by atoms with Gasteiger partial charge >= 0.3 is 6.03 Å². The Kier molecular flexibility index (Phi) is 4.84. The highest BCUT2D eigenvalue weighted by molar-refractivity contribution is 6.06. The molecule has 136 valence electrons. The van der Waals surface area contributed by atoms with E-state index >= 15 is 0 Å². The summed E-state index contributed by atoms with van der Waals surface area (Å²) in [5, 5.41) is 13.5. The van der Waals surface area contributed by atoms with Gasteiger partial charge in [-0.05, 0) is 44.4 Å². The third-order valence-corrected chi connectivity index (χ3v) is 5.72. The number of hydrogen-bond donors (Lipinski definition) is 2. The average molecular weight is 345 g/mol. The number of hydrogen-bond acceptors (Lipinski definition) is 4. The molecule has 2 N–H and O–H groups in total. The summed E-state index contributed by atoms with van der Waals surface area (Å²) in [6, 6.07) is 7.53. The highest BCUT2D eigenvalue weighted by Crippen LogP contribution is 2.32. The maximum Gasteiger partial charge on any atom is 0.324 e. The molecule has 1 aromatic carbocycles. The Morgan fingerprint density at radius 1 is 1.36 bits per heavy atom. The number of aryl methyl sites for hydroxylation is 1. The number of nitrogens with one attached hydrogen (secondary N) is 1. The minimum absolute atomic E-state index is 0.0479. The maximum atomic E-state index is 12.5. The van der Waals surface area contributed by atoms with Gasteiger partial charge in [0.15, 0.2) is 0 Å². The van der Waals surface area contributed by atoms with Gasteiger partial charge in [-0.15, -0.1) is 0 Å². The van der Waals surface area contributed by atoms with Crippen LogP contribution in [0.4, 0.5) is 4.79 Å². The van der Waals surface area contributed by atoms with Gasteiger partial charge in [0.1, 0.15) is 5.54 Å². The van der Waals surface area contributed by atoms with Crippen LogP contribution in [-0.2, 0) is 4.79 Å². The van der Waals surface area contributed by atoms with Crippen LogP contribution in [0.1, 0.15) is 37.0 Å². The number of amides is 3. The van der Waals surface area contributed by atoms with E-state index in [9.17, 15) is 14.7 Å². The first-order valence-corrected chi connectivity index (χ1v) is 8.89. The summed E-state index contributed by atoms with van der Waals surface area (Å²) in [5.74, 6) is -0.115. The molecule has 2 aliphatic rings. The number of carbonyl (C=O) groups is 2. The topological polar surface area (TPSA) is 72.9 Å². The SMILES string of the molecule is Cc1ccccc1C(O)CN1CCCC(C2(C)NC(=O)N(C)C2=O)C1. The van der Waals surface area contributed by atoms with E-state index in [1.165, 1.54) is 11.9 Å². The molecule has 25 heavy (non-hydrogen) atoms. The number of carbonyl (C=O) groups excluding carboxylic acids is 2. The zero-order chi connectivity index (χ0) is 18.2. The Balaban J connectivity index is 1.69. The van der Waals surface area contributed by atoms with Gasteiger partial charge in [0.05, 0.1) is 6.10 Å². The number of imide groups is 1. The number of likely N-dealkylation sites (tertiary alicyclic amines) is 1. The minimum Gasteiger partial charge on any atom is -0.387 e. The lowest BCUT2D eigenvalue weighted by atomic mass is 9.80. The predicted molar refractivity (Wildman–Crippen MR) is 95.0 cm³/mol. The van der Waals surface area contributed by atoms with Crippen LogP contribution < -0.4 is 5.32 Å². The van der Waals surface area contributed by atoms with Crippen LogP contribution in [0.2, 0.25) is 0 Å². The Hall–Kier alpha value is -1.92. The van der Waals surface area contributed by atoms with Crippen molar-refractivity contribution >= 4 is 11.9 Å². The summed E-state index contributed by atoms with van der Waals surface area (Å²) in [6.45, 7) is 5.95. The highest BCUT2D eigenvalue weighted by Gasteiger charge is 2.51. The number of aliphatic hydroxyl groups is 1. The minimum atomic E-state index is -0.849. The van der Waals surface area contributed by atoms with E-state index in [0.717, 1.165) is 30.5 Å². The molecule has 3 amide bonds. The first-order chi connectivity index (χ1) is 11.8. The van der Waals surface area contributed by atoms with Crippen molar-refractivity contribution in [3.05, 3.63) is 35.4 Å². The van der Waals surface area contributed by atoms with Gasteiger partial charge in [0.2, 0.25) is 0 Å². The van der Waals surface area contributed by atoms with E-state index in [-0.39, 0.29) is 17.9 Å². The van der Waals surface area contributed by atoms with Gasteiger partial charge in [-0.1, -0.05) is 24.3 Å². The van der Waals surface area contributed by atoms with Crippen LogP contribution in [0.3, 0.4) is 0 Å². The smallest absolute Gasteiger partial charge is 0.324 e. The number of rotatable bonds is 4. The van der Waals surface area contributed by atoms with Crippen molar-refractivity contribution in [3.8, 4) is 0 Å². The van der Waals surface area contributed by atoms with Crippen LogP contribution in [-0.4, -0.2) is 59.1 Å².